The van der Waals surface area contributed by atoms with Crippen LogP contribution < -0.4 is 5.14 Å². The molecular formula is C4H8ClNO3S. The van der Waals surface area contributed by atoms with E-state index >= 15 is 0 Å². The van der Waals surface area contributed by atoms with Crippen LogP contribution in [-0.2, 0) is 14.8 Å². The summed E-state index contributed by atoms with van der Waals surface area (Å²) in [7, 11) is -3.88. The third kappa shape index (κ3) is 1.68. The van der Waals surface area contributed by atoms with E-state index in [0.717, 1.165) is 13.8 Å². The molecule has 0 rings (SSSR count). The van der Waals surface area contributed by atoms with Gasteiger partial charge in [0.05, 0.1) is 0 Å². The summed E-state index contributed by atoms with van der Waals surface area (Å²) in [6.07, 6.45) is 0. The molecule has 0 aromatic rings. The number of rotatable bonds is 2. The monoisotopic (exact) mass is 185 g/mol. The summed E-state index contributed by atoms with van der Waals surface area (Å²) in [5.41, 5.74) is 0. The van der Waals surface area contributed by atoms with Crippen LogP contribution in [0, 0.1) is 0 Å². The van der Waals surface area contributed by atoms with Crippen LogP contribution in [0.15, 0.2) is 0 Å². The lowest BCUT2D eigenvalue weighted by Crippen LogP contribution is -2.42. The van der Waals surface area contributed by atoms with E-state index in [9.17, 15) is 13.2 Å². The van der Waals surface area contributed by atoms with Crippen molar-refractivity contribution in [3.63, 3.8) is 0 Å². The highest BCUT2D eigenvalue weighted by Gasteiger charge is 2.37. The third-order valence-electron chi connectivity index (χ3n) is 1.18. The Hall–Kier alpha value is -0.130. The number of hydrogen-bond donors (Lipinski definition) is 1. The number of carbonyl (C=O) groups is 1. The molecule has 0 bridgehead atoms. The molecule has 60 valence electrons. The van der Waals surface area contributed by atoms with Crippen molar-refractivity contribution in [2.45, 2.75) is 18.6 Å². The highest BCUT2D eigenvalue weighted by Crippen LogP contribution is 2.15. The van der Waals surface area contributed by atoms with E-state index in [0.29, 0.717) is 0 Å². The van der Waals surface area contributed by atoms with E-state index in [1.54, 1.807) is 0 Å². The van der Waals surface area contributed by atoms with E-state index in [4.69, 9.17) is 11.6 Å². The van der Waals surface area contributed by atoms with Crippen molar-refractivity contribution in [3.8, 4) is 0 Å². The lowest BCUT2D eigenvalue weighted by molar-refractivity contribution is -0.113. The molecular weight excluding hydrogens is 178 g/mol. The second kappa shape index (κ2) is 2.48. The van der Waals surface area contributed by atoms with Gasteiger partial charge in [-0.1, -0.05) is 0 Å². The Morgan fingerprint density at radius 1 is 1.50 bits per heavy atom. The zero-order valence-corrected chi connectivity index (χ0v) is 7.16. The molecule has 0 fully saturated rings. The van der Waals surface area contributed by atoms with Gasteiger partial charge in [0.2, 0.25) is 15.3 Å². The lowest BCUT2D eigenvalue weighted by atomic mass is 10.2. The number of sulfonamides is 1. The predicted octanol–water partition coefficient (Wildman–Crippen LogP) is -0.181. The molecule has 0 aliphatic carbocycles. The van der Waals surface area contributed by atoms with Crippen molar-refractivity contribution in [3.05, 3.63) is 0 Å². The highest BCUT2D eigenvalue weighted by molar-refractivity contribution is 7.91. The first-order chi connectivity index (χ1) is 4.19. The summed E-state index contributed by atoms with van der Waals surface area (Å²) < 4.78 is 19.4. The summed E-state index contributed by atoms with van der Waals surface area (Å²) >= 11 is 4.96. The zero-order chi connectivity index (χ0) is 8.58. The lowest BCUT2D eigenvalue weighted by Gasteiger charge is -2.15. The molecule has 10 heavy (non-hydrogen) atoms. The van der Waals surface area contributed by atoms with Crippen LogP contribution in [0.2, 0.25) is 0 Å². The van der Waals surface area contributed by atoms with Crippen LogP contribution in [0.4, 0.5) is 0 Å². The Balaban J connectivity index is 4.95. The van der Waals surface area contributed by atoms with Gasteiger partial charge in [-0.15, -0.1) is 0 Å². The molecule has 0 atom stereocenters. The van der Waals surface area contributed by atoms with E-state index in [2.05, 4.69) is 5.14 Å². The van der Waals surface area contributed by atoms with Gasteiger partial charge < -0.3 is 0 Å². The Morgan fingerprint density at radius 2 is 1.80 bits per heavy atom. The molecule has 0 saturated heterocycles. The SMILES string of the molecule is CC(C)(C(=O)Cl)S(N)(=O)=O. The van der Waals surface area contributed by atoms with Crippen molar-refractivity contribution in [1.29, 1.82) is 0 Å². The second-order valence-electron chi connectivity index (χ2n) is 2.33. The maximum absolute atomic E-state index is 10.6. The minimum atomic E-state index is -3.88. The van der Waals surface area contributed by atoms with Gasteiger partial charge >= 0.3 is 0 Å². The van der Waals surface area contributed by atoms with Crippen molar-refractivity contribution in [1.82, 2.24) is 0 Å². The predicted molar refractivity (Wildman–Crippen MR) is 38.0 cm³/mol. The minimum absolute atomic E-state index is 0.977. The van der Waals surface area contributed by atoms with Gasteiger partial charge in [-0.2, -0.15) is 0 Å². The topological polar surface area (TPSA) is 77.2 Å². The van der Waals surface area contributed by atoms with Gasteiger partial charge in [0.25, 0.3) is 0 Å². The quantitative estimate of drug-likeness (QED) is 0.607. The van der Waals surface area contributed by atoms with Gasteiger partial charge in [0.1, 0.15) is 0 Å². The van der Waals surface area contributed by atoms with Crippen LogP contribution in [0.3, 0.4) is 0 Å². The van der Waals surface area contributed by atoms with Gasteiger partial charge in [0.15, 0.2) is 4.75 Å². The summed E-state index contributed by atoms with van der Waals surface area (Å²) in [6, 6.07) is 0. The number of halogens is 1. The van der Waals surface area contributed by atoms with E-state index in [1.807, 2.05) is 0 Å². The average Bonchev–Trinajstić information content (AvgIpc) is 1.62. The first kappa shape index (κ1) is 9.87. The van der Waals surface area contributed by atoms with Crippen molar-refractivity contribution >= 4 is 26.9 Å². The number of primary sulfonamides is 1. The number of nitrogens with two attached hydrogens (primary N) is 1. The molecule has 0 aliphatic rings. The first-order valence-electron chi connectivity index (χ1n) is 2.42. The molecule has 2 N–H and O–H groups in total. The molecule has 0 unspecified atom stereocenters. The van der Waals surface area contributed by atoms with Crippen LogP contribution >= 0.6 is 11.6 Å². The van der Waals surface area contributed by atoms with Gasteiger partial charge in [-0.25, -0.2) is 13.6 Å². The normalized spacial score (nSPS) is 13.2. The summed E-state index contributed by atoms with van der Waals surface area (Å²) in [5.74, 6) is 0. The van der Waals surface area contributed by atoms with Crippen LogP contribution in [0.1, 0.15) is 13.8 Å². The van der Waals surface area contributed by atoms with Crippen molar-refractivity contribution in [2.24, 2.45) is 5.14 Å². The van der Waals surface area contributed by atoms with Gasteiger partial charge in [-0.3, -0.25) is 4.79 Å². The van der Waals surface area contributed by atoms with Crippen LogP contribution in [0.5, 0.6) is 0 Å². The fourth-order valence-corrected chi connectivity index (χ4v) is 0.658. The Kier molecular flexibility index (Phi) is 2.45. The number of carbonyl (C=O) groups excluding carboxylic acids is 1. The van der Waals surface area contributed by atoms with Gasteiger partial charge in [0, 0.05) is 0 Å². The molecule has 4 nitrogen and oxygen atoms in total. The molecule has 0 spiro atoms. The Morgan fingerprint density at radius 3 is 1.80 bits per heavy atom. The summed E-state index contributed by atoms with van der Waals surface area (Å²) in [5, 5.41) is 3.70. The largest absolute Gasteiger partial charge is 0.279 e. The van der Waals surface area contributed by atoms with Crippen LogP contribution in [-0.4, -0.2) is 18.4 Å². The second-order valence-corrected chi connectivity index (χ2v) is 4.78. The van der Waals surface area contributed by atoms with Crippen molar-refractivity contribution < 1.29 is 13.2 Å². The molecule has 0 saturated carbocycles. The number of hydrogen-bond acceptors (Lipinski definition) is 3. The Labute approximate surface area is 64.4 Å². The molecule has 0 amide bonds. The van der Waals surface area contributed by atoms with Crippen molar-refractivity contribution in [2.75, 3.05) is 0 Å². The van der Waals surface area contributed by atoms with E-state index in [1.165, 1.54) is 0 Å². The maximum Gasteiger partial charge on any atom is 0.243 e. The average molecular weight is 186 g/mol. The minimum Gasteiger partial charge on any atom is -0.279 e. The van der Waals surface area contributed by atoms with E-state index < -0.39 is 20.0 Å². The molecule has 0 aromatic heterocycles. The Bertz CT molecular complexity index is 243. The first-order valence-corrected chi connectivity index (χ1v) is 4.34. The highest BCUT2D eigenvalue weighted by atomic mass is 35.5. The van der Waals surface area contributed by atoms with Crippen LogP contribution in [0.25, 0.3) is 0 Å². The summed E-state index contributed by atoms with van der Waals surface area (Å²) in [4.78, 5) is 10.4. The smallest absolute Gasteiger partial charge is 0.243 e. The fraction of sp³-hybridized carbons (Fsp3) is 0.750. The van der Waals surface area contributed by atoms with Gasteiger partial charge in [-0.05, 0) is 25.4 Å². The summed E-state index contributed by atoms with van der Waals surface area (Å²) in [6.45, 7) is 2.30. The standard InChI is InChI=1S/C4H8ClNO3S/c1-4(2,3(5)7)10(6,8)9/h1-2H3,(H2,6,8,9). The third-order valence-corrected chi connectivity index (χ3v) is 3.38. The van der Waals surface area contributed by atoms with E-state index in [-0.39, 0.29) is 0 Å². The fourth-order valence-electron chi connectivity index (χ4n) is 0.112. The molecule has 0 aromatic carbocycles. The molecule has 0 aliphatic heterocycles. The zero-order valence-electron chi connectivity index (χ0n) is 5.59. The molecule has 6 heteroatoms. The maximum atomic E-state index is 10.6. The molecule has 0 heterocycles. The molecule has 0 radical (unpaired) electrons.